The normalized spacial score (nSPS) is 10.2. The molecule has 6 heteroatoms. The van der Waals surface area contributed by atoms with Crippen molar-refractivity contribution < 1.29 is 13.9 Å². The number of benzene rings is 1. The van der Waals surface area contributed by atoms with E-state index in [2.05, 4.69) is 10.2 Å². The highest BCUT2D eigenvalue weighted by Gasteiger charge is 2.05. The molecule has 0 N–H and O–H groups in total. The molecule has 2 aromatic rings. The van der Waals surface area contributed by atoms with Gasteiger partial charge in [0, 0.05) is 6.07 Å². The lowest BCUT2D eigenvalue weighted by Gasteiger charge is -2.04. The molecule has 0 bridgehead atoms. The Morgan fingerprint density at radius 3 is 2.82 bits per heavy atom. The molecule has 0 aliphatic carbocycles. The minimum absolute atomic E-state index is 0.251. The molecule has 2 rings (SSSR count). The Hall–Kier alpha value is -1.69. The monoisotopic (exact) mass is 252 g/mol. The average Bonchev–Trinajstić information content (AvgIpc) is 2.84. The van der Waals surface area contributed by atoms with E-state index in [-0.39, 0.29) is 6.61 Å². The molecule has 0 radical (unpaired) electrons. The van der Waals surface area contributed by atoms with Crippen molar-refractivity contribution in [1.29, 1.82) is 0 Å². The van der Waals surface area contributed by atoms with Gasteiger partial charge in [0.25, 0.3) is 11.1 Å². The van der Waals surface area contributed by atoms with Crippen LogP contribution in [0.5, 0.6) is 11.5 Å². The molecule has 90 valence electrons. The lowest BCUT2D eigenvalue weighted by molar-refractivity contribution is 0.251. The van der Waals surface area contributed by atoms with Crippen molar-refractivity contribution in [3.8, 4) is 11.5 Å². The van der Waals surface area contributed by atoms with Crippen LogP contribution in [0.3, 0.4) is 0 Å². The van der Waals surface area contributed by atoms with E-state index in [4.69, 9.17) is 13.9 Å². The van der Waals surface area contributed by atoms with E-state index in [0.29, 0.717) is 16.9 Å². The van der Waals surface area contributed by atoms with Crippen molar-refractivity contribution in [2.45, 2.75) is 11.8 Å². The third-order valence-electron chi connectivity index (χ3n) is 2.03. The van der Waals surface area contributed by atoms with E-state index in [1.165, 1.54) is 11.8 Å². The van der Waals surface area contributed by atoms with Gasteiger partial charge >= 0.3 is 0 Å². The molecule has 17 heavy (non-hydrogen) atoms. The summed E-state index contributed by atoms with van der Waals surface area (Å²) in [5.41, 5.74) is 0. The predicted octanol–water partition coefficient (Wildman–Crippen LogP) is 2.38. The summed E-state index contributed by atoms with van der Waals surface area (Å²) in [5, 5.41) is 8.21. The largest absolute Gasteiger partial charge is 0.497 e. The maximum atomic E-state index is 5.51. The van der Waals surface area contributed by atoms with E-state index in [0.717, 1.165) is 5.75 Å². The molecule has 5 nitrogen and oxygen atoms in total. The fourth-order valence-electron chi connectivity index (χ4n) is 1.22. The topological polar surface area (TPSA) is 57.4 Å². The fourth-order valence-corrected chi connectivity index (χ4v) is 1.52. The van der Waals surface area contributed by atoms with Crippen LogP contribution >= 0.6 is 11.8 Å². The van der Waals surface area contributed by atoms with Gasteiger partial charge in [-0.1, -0.05) is 17.8 Å². The summed E-state index contributed by atoms with van der Waals surface area (Å²) >= 11 is 1.40. The van der Waals surface area contributed by atoms with Crippen LogP contribution in [0.1, 0.15) is 5.89 Å². The van der Waals surface area contributed by atoms with Gasteiger partial charge in [0.15, 0.2) is 6.61 Å². The van der Waals surface area contributed by atoms with Crippen molar-refractivity contribution in [3.63, 3.8) is 0 Å². The Bertz CT molecular complexity index is 487. The molecule has 0 saturated heterocycles. The Morgan fingerprint density at radius 1 is 1.29 bits per heavy atom. The SMILES string of the molecule is COc1cccc(OCc2nnc(SC)o2)c1. The van der Waals surface area contributed by atoms with Crippen LogP contribution in [0.15, 0.2) is 33.9 Å². The van der Waals surface area contributed by atoms with Gasteiger partial charge in [-0.15, -0.1) is 10.2 Å². The van der Waals surface area contributed by atoms with E-state index in [9.17, 15) is 0 Å². The summed E-state index contributed by atoms with van der Waals surface area (Å²) in [7, 11) is 1.61. The predicted molar refractivity (Wildman–Crippen MR) is 63.4 cm³/mol. The van der Waals surface area contributed by atoms with Crippen LogP contribution in [0.2, 0.25) is 0 Å². The lowest BCUT2D eigenvalue weighted by atomic mass is 10.3. The van der Waals surface area contributed by atoms with Crippen LogP contribution in [0.4, 0.5) is 0 Å². The summed E-state index contributed by atoms with van der Waals surface area (Å²) in [4.78, 5) is 0. The highest BCUT2D eigenvalue weighted by atomic mass is 32.2. The molecule has 0 aliphatic rings. The lowest BCUT2D eigenvalue weighted by Crippen LogP contribution is -1.96. The first kappa shape index (κ1) is 11.8. The average molecular weight is 252 g/mol. The number of hydrogen-bond donors (Lipinski definition) is 0. The molecule has 0 atom stereocenters. The van der Waals surface area contributed by atoms with Crippen LogP contribution in [0, 0.1) is 0 Å². The van der Waals surface area contributed by atoms with Crippen LogP contribution < -0.4 is 9.47 Å². The second kappa shape index (κ2) is 5.58. The van der Waals surface area contributed by atoms with Crippen molar-refractivity contribution in [3.05, 3.63) is 30.2 Å². The molecule has 1 aromatic heterocycles. The molecule has 0 saturated carbocycles. The van der Waals surface area contributed by atoms with Crippen molar-refractivity contribution in [2.24, 2.45) is 0 Å². The fraction of sp³-hybridized carbons (Fsp3) is 0.273. The van der Waals surface area contributed by atoms with E-state index < -0.39 is 0 Å². The number of rotatable bonds is 5. The first-order valence-corrected chi connectivity index (χ1v) is 6.17. The highest BCUT2D eigenvalue weighted by Crippen LogP contribution is 2.20. The van der Waals surface area contributed by atoms with Gasteiger partial charge in [-0.05, 0) is 18.4 Å². The summed E-state index contributed by atoms with van der Waals surface area (Å²) in [5.74, 6) is 1.91. The minimum Gasteiger partial charge on any atom is -0.497 e. The van der Waals surface area contributed by atoms with Gasteiger partial charge in [-0.25, -0.2) is 0 Å². The van der Waals surface area contributed by atoms with Gasteiger partial charge in [-0.2, -0.15) is 0 Å². The van der Waals surface area contributed by atoms with Crippen LogP contribution in [-0.4, -0.2) is 23.6 Å². The van der Waals surface area contributed by atoms with Gasteiger partial charge < -0.3 is 13.9 Å². The number of ether oxygens (including phenoxy) is 2. The standard InChI is InChI=1S/C11H12N2O3S/c1-14-8-4-3-5-9(6-8)15-7-10-12-13-11(16-10)17-2/h3-6H,7H2,1-2H3. The van der Waals surface area contributed by atoms with E-state index in [1.807, 2.05) is 24.5 Å². The summed E-state index contributed by atoms with van der Waals surface area (Å²) in [6, 6.07) is 7.35. The molecule has 0 amide bonds. The summed E-state index contributed by atoms with van der Waals surface area (Å²) in [6.45, 7) is 0.251. The summed E-state index contributed by atoms with van der Waals surface area (Å²) in [6.07, 6.45) is 1.88. The van der Waals surface area contributed by atoms with E-state index in [1.54, 1.807) is 13.2 Å². The maximum Gasteiger partial charge on any atom is 0.276 e. The molecule has 1 heterocycles. The highest BCUT2D eigenvalue weighted by molar-refractivity contribution is 7.98. The molecule has 0 aliphatic heterocycles. The van der Waals surface area contributed by atoms with Gasteiger partial charge in [0.05, 0.1) is 7.11 Å². The van der Waals surface area contributed by atoms with Crippen LogP contribution in [-0.2, 0) is 6.61 Å². The Balaban J connectivity index is 1.96. The quantitative estimate of drug-likeness (QED) is 0.761. The zero-order chi connectivity index (χ0) is 12.1. The number of hydrogen-bond acceptors (Lipinski definition) is 6. The molecular formula is C11H12N2O3S. The third-order valence-corrected chi connectivity index (χ3v) is 2.54. The second-order valence-corrected chi connectivity index (χ2v) is 3.89. The molecular weight excluding hydrogens is 240 g/mol. The maximum absolute atomic E-state index is 5.51. The number of methoxy groups -OCH3 is 1. The van der Waals surface area contributed by atoms with Crippen molar-refractivity contribution in [1.82, 2.24) is 10.2 Å². The number of nitrogens with zero attached hydrogens (tertiary/aromatic N) is 2. The van der Waals surface area contributed by atoms with Crippen molar-refractivity contribution >= 4 is 11.8 Å². The summed E-state index contributed by atoms with van der Waals surface area (Å²) < 4.78 is 15.9. The van der Waals surface area contributed by atoms with Crippen molar-refractivity contribution in [2.75, 3.05) is 13.4 Å². The zero-order valence-electron chi connectivity index (χ0n) is 9.54. The second-order valence-electron chi connectivity index (χ2n) is 3.13. The first-order chi connectivity index (χ1) is 8.31. The Morgan fingerprint density at radius 2 is 2.12 bits per heavy atom. The minimum atomic E-state index is 0.251. The Labute approximate surface area is 103 Å². The van der Waals surface area contributed by atoms with Gasteiger partial charge in [0.1, 0.15) is 11.5 Å². The molecule has 1 aromatic carbocycles. The molecule has 0 spiro atoms. The van der Waals surface area contributed by atoms with Gasteiger partial charge in [0.2, 0.25) is 0 Å². The van der Waals surface area contributed by atoms with Crippen LogP contribution in [0.25, 0.3) is 0 Å². The zero-order valence-corrected chi connectivity index (χ0v) is 10.4. The molecule has 0 unspecified atom stereocenters. The Kier molecular flexibility index (Phi) is 3.87. The number of aromatic nitrogens is 2. The first-order valence-electron chi connectivity index (χ1n) is 4.95. The number of thioether (sulfide) groups is 1. The van der Waals surface area contributed by atoms with E-state index >= 15 is 0 Å². The third kappa shape index (κ3) is 3.13. The smallest absolute Gasteiger partial charge is 0.276 e. The van der Waals surface area contributed by atoms with Gasteiger partial charge in [-0.3, -0.25) is 0 Å². The molecule has 0 fully saturated rings.